The molecule has 120 valence electrons. The second kappa shape index (κ2) is 6.77. The molecular formula is C17H15Cl2FN2O. The minimum absolute atomic E-state index is 0.0540. The summed E-state index contributed by atoms with van der Waals surface area (Å²) in [5.74, 6) is -0.282. The van der Waals surface area contributed by atoms with Crippen LogP contribution in [0.3, 0.4) is 0 Å². The van der Waals surface area contributed by atoms with Gasteiger partial charge in [0.15, 0.2) is 0 Å². The number of benzene rings is 2. The number of urea groups is 1. The van der Waals surface area contributed by atoms with Crippen molar-refractivity contribution in [2.45, 2.75) is 18.9 Å². The largest absolute Gasteiger partial charge is 0.322 e. The maximum absolute atomic E-state index is 13.1. The van der Waals surface area contributed by atoms with Crippen LogP contribution in [0.1, 0.15) is 24.4 Å². The molecule has 0 bridgehead atoms. The summed E-state index contributed by atoms with van der Waals surface area (Å²) < 4.78 is 13.1. The Morgan fingerprint density at radius 3 is 2.61 bits per heavy atom. The Bertz CT molecular complexity index is 721. The summed E-state index contributed by atoms with van der Waals surface area (Å²) in [7, 11) is 0. The fraction of sp³-hybridized carbons (Fsp3) is 0.235. The summed E-state index contributed by atoms with van der Waals surface area (Å²) in [6.07, 6.45) is 1.76. The Morgan fingerprint density at radius 1 is 1.17 bits per heavy atom. The molecule has 1 heterocycles. The molecule has 2 aromatic carbocycles. The monoisotopic (exact) mass is 352 g/mol. The first-order valence-electron chi connectivity index (χ1n) is 7.33. The number of anilines is 1. The average Bonchev–Trinajstić information content (AvgIpc) is 3.00. The third kappa shape index (κ3) is 3.59. The van der Waals surface area contributed by atoms with Gasteiger partial charge in [-0.2, -0.15) is 0 Å². The van der Waals surface area contributed by atoms with Crippen LogP contribution >= 0.6 is 23.2 Å². The number of nitrogens with one attached hydrogen (secondary N) is 1. The van der Waals surface area contributed by atoms with Gasteiger partial charge >= 0.3 is 6.03 Å². The van der Waals surface area contributed by atoms with E-state index in [0.717, 1.165) is 18.4 Å². The van der Waals surface area contributed by atoms with E-state index in [0.29, 0.717) is 22.3 Å². The molecule has 1 saturated heterocycles. The Labute approximate surface area is 144 Å². The van der Waals surface area contributed by atoms with Crippen LogP contribution < -0.4 is 5.32 Å². The van der Waals surface area contributed by atoms with Gasteiger partial charge < -0.3 is 10.2 Å². The van der Waals surface area contributed by atoms with Gasteiger partial charge in [-0.15, -0.1) is 0 Å². The molecule has 1 aliphatic heterocycles. The molecule has 1 aliphatic rings. The van der Waals surface area contributed by atoms with Gasteiger partial charge in [-0.05, 0) is 48.7 Å². The highest BCUT2D eigenvalue weighted by atomic mass is 35.5. The van der Waals surface area contributed by atoms with Crippen LogP contribution in [0.25, 0.3) is 0 Å². The number of likely N-dealkylation sites (tertiary alicyclic amines) is 1. The molecule has 1 atom stereocenters. The summed E-state index contributed by atoms with van der Waals surface area (Å²) in [6.45, 7) is 0.652. The lowest BCUT2D eigenvalue weighted by molar-refractivity contribution is 0.207. The second-order valence-corrected chi connectivity index (χ2v) is 6.30. The van der Waals surface area contributed by atoms with Crippen molar-refractivity contribution in [2.24, 2.45) is 0 Å². The maximum Gasteiger partial charge on any atom is 0.322 e. The molecule has 6 heteroatoms. The van der Waals surface area contributed by atoms with Crippen molar-refractivity contribution in [3.63, 3.8) is 0 Å². The van der Waals surface area contributed by atoms with Gasteiger partial charge in [-0.3, -0.25) is 0 Å². The minimum atomic E-state index is -0.282. The zero-order chi connectivity index (χ0) is 16.4. The lowest BCUT2D eigenvalue weighted by Gasteiger charge is -2.25. The molecule has 0 spiro atoms. The topological polar surface area (TPSA) is 32.3 Å². The molecule has 2 aromatic rings. The zero-order valence-electron chi connectivity index (χ0n) is 12.2. The van der Waals surface area contributed by atoms with Gasteiger partial charge in [0.2, 0.25) is 0 Å². The van der Waals surface area contributed by atoms with Gasteiger partial charge in [-0.1, -0.05) is 35.3 Å². The number of hydrogen-bond donors (Lipinski definition) is 1. The highest BCUT2D eigenvalue weighted by molar-refractivity contribution is 6.36. The van der Waals surface area contributed by atoms with E-state index in [1.54, 1.807) is 35.2 Å². The Balaban J connectivity index is 1.76. The van der Waals surface area contributed by atoms with E-state index in [4.69, 9.17) is 23.2 Å². The molecule has 1 N–H and O–H groups in total. The molecule has 3 nitrogen and oxygen atoms in total. The third-order valence-corrected chi connectivity index (χ3v) is 4.49. The van der Waals surface area contributed by atoms with Crippen molar-refractivity contribution in [1.29, 1.82) is 0 Å². The molecule has 3 rings (SSSR count). The zero-order valence-corrected chi connectivity index (χ0v) is 13.7. The van der Waals surface area contributed by atoms with E-state index in [1.807, 2.05) is 0 Å². The first-order valence-corrected chi connectivity index (χ1v) is 8.08. The van der Waals surface area contributed by atoms with Crippen LogP contribution in [0.15, 0.2) is 42.5 Å². The van der Waals surface area contributed by atoms with Crippen molar-refractivity contribution < 1.29 is 9.18 Å². The van der Waals surface area contributed by atoms with Crippen LogP contribution in [0, 0.1) is 5.82 Å². The van der Waals surface area contributed by atoms with Crippen LogP contribution in [0.5, 0.6) is 0 Å². The first kappa shape index (κ1) is 16.1. The number of carbonyl (C=O) groups is 1. The van der Waals surface area contributed by atoms with E-state index in [-0.39, 0.29) is 17.9 Å². The highest BCUT2D eigenvalue weighted by Crippen LogP contribution is 2.33. The number of halogens is 3. The van der Waals surface area contributed by atoms with Gasteiger partial charge in [0, 0.05) is 11.6 Å². The molecule has 0 aliphatic carbocycles. The lowest BCUT2D eigenvalue weighted by atomic mass is 10.0. The number of nitrogens with zero attached hydrogens (tertiary/aromatic N) is 1. The fourth-order valence-electron chi connectivity index (χ4n) is 2.82. The number of hydrogen-bond acceptors (Lipinski definition) is 1. The molecule has 0 aromatic heterocycles. The molecule has 0 saturated carbocycles. The number of rotatable bonds is 2. The SMILES string of the molecule is O=C(Nc1ccc(Cl)cc1Cl)N1CCC[C@H]1c1ccc(F)cc1. The van der Waals surface area contributed by atoms with E-state index < -0.39 is 0 Å². The van der Waals surface area contributed by atoms with Gasteiger partial charge in [0.1, 0.15) is 5.82 Å². The average molecular weight is 353 g/mol. The summed E-state index contributed by atoms with van der Waals surface area (Å²) in [6, 6.07) is 10.9. The Kier molecular flexibility index (Phi) is 4.74. The maximum atomic E-state index is 13.1. The molecule has 1 fully saturated rings. The Morgan fingerprint density at radius 2 is 1.91 bits per heavy atom. The van der Waals surface area contributed by atoms with Crippen molar-refractivity contribution in [3.05, 3.63) is 63.9 Å². The summed E-state index contributed by atoms with van der Waals surface area (Å²) in [5.41, 5.74) is 1.45. The predicted molar refractivity (Wildman–Crippen MR) is 90.6 cm³/mol. The molecule has 2 amide bonds. The molecule has 23 heavy (non-hydrogen) atoms. The van der Waals surface area contributed by atoms with E-state index in [1.165, 1.54) is 12.1 Å². The second-order valence-electron chi connectivity index (χ2n) is 5.46. The van der Waals surface area contributed by atoms with Gasteiger partial charge in [0.05, 0.1) is 16.8 Å². The van der Waals surface area contributed by atoms with E-state index in [2.05, 4.69) is 5.32 Å². The first-order chi connectivity index (χ1) is 11.0. The summed E-state index contributed by atoms with van der Waals surface area (Å²) in [5, 5.41) is 3.72. The van der Waals surface area contributed by atoms with E-state index >= 15 is 0 Å². The Hall–Kier alpha value is -1.78. The molecule has 0 unspecified atom stereocenters. The molecular weight excluding hydrogens is 338 g/mol. The normalized spacial score (nSPS) is 17.3. The number of carbonyl (C=O) groups excluding carboxylic acids is 1. The highest BCUT2D eigenvalue weighted by Gasteiger charge is 2.30. The van der Waals surface area contributed by atoms with Crippen molar-refractivity contribution in [3.8, 4) is 0 Å². The lowest BCUT2D eigenvalue weighted by Crippen LogP contribution is -2.34. The van der Waals surface area contributed by atoms with Crippen LogP contribution in [-0.2, 0) is 0 Å². The number of amides is 2. The van der Waals surface area contributed by atoms with Gasteiger partial charge in [0.25, 0.3) is 0 Å². The minimum Gasteiger partial charge on any atom is -0.317 e. The quantitative estimate of drug-likeness (QED) is 0.760. The van der Waals surface area contributed by atoms with Crippen molar-refractivity contribution >= 4 is 34.9 Å². The third-order valence-electron chi connectivity index (χ3n) is 3.94. The van der Waals surface area contributed by atoms with Crippen LogP contribution in [-0.4, -0.2) is 17.5 Å². The molecule has 0 radical (unpaired) electrons. The fourth-order valence-corrected chi connectivity index (χ4v) is 3.27. The smallest absolute Gasteiger partial charge is 0.317 e. The van der Waals surface area contributed by atoms with Crippen molar-refractivity contribution in [1.82, 2.24) is 4.90 Å². The summed E-state index contributed by atoms with van der Waals surface area (Å²) >= 11 is 12.0. The van der Waals surface area contributed by atoms with Gasteiger partial charge in [-0.25, -0.2) is 9.18 Å². The summed E-state index contributed by atoms with van der Waals surface area (Å²) in [4.78, 5) is 14.3. The predicted octanol–water partition coefficient (Wildman–Crippen LogP) is 5.50. The standard InChI is InChI=1S/C17H15Cl2FN2O/c18-12-5-8-15(14(19)10-12)21-17(23)22-9-1-2-16(22)11-3-6-13(20)7-4-11/h3-8,10,16H,1-2,9H2,(H,21,23)/t16-/m0/s1. The van der Waals surface area contributed by atoms with Crippen molar-refractivity contribution in [2.75, 3.05) is 11.9 Å². The van der Waals surface area contributed by atoms with Crippen LogP contribution in [0.4, 0.5) is 14.9 Å². The van der Waals surface area contributed by atoms with E-state index in [9.17, 15) is 9.18 Å². The van der Waals surface area contributed by atoms with Crippen LogP contribution in [0.2, 0.25) is 10.0 Å².